The Morgan fingerprint density at radius 2 is 1.93 bits per heavy atom. The molecule has 144 valence electrons. The second-order valence-corrected chi connectivity index (χ2v) is 8.81. The molecule has 1 amide bonds. The van der Waals surface area contributed by atoms with Gasteiger partial charge in [0.25, 0.3) is 0 Å². The third kappa shape index (κ3) is 4.38. The van der Waals surface area contributed by atoms with Crippen LogP contribution in [0.25, 0.3) is 0 Å². The largest absolute Gasteiger partial charge is 0.466 e. The van der Waals surface area contributed by atoms with Gasteiger partial charge in [-0.15, -0.1) is 11.8 Å². The first-order valence-corrected chi connectivity index (χ1v) is 10.0. The average molecular weight is 388 g/mol. The van der Waals surface area contributed by atoms with E-state index in [2.05, 4.69) is 32.9 Å². The first-order valence-electron chi connectivity index (χ1n) is 8.97. The van der Waals surface area contributed by atoms with Crippen LogP contribution in [0.2, 0.25) is 0 Å². The lowest BCUT2D eigenvalue weighted by atomic mass is 9.87. The highest BCUT2D eigenvalue weighted by Crippen LogP contribution is 2.41. The lowest BCUT2D eigenvalue weighted by Gasteiger charge is -2.25. The monoisotopic (exact) mass is 387 g/mol. The molecule has 0 aliphatic carbocycles. The Kier molecular flexibility index (Phi) is 5.65. The number of amides is 1. The lowest BCUT2D eigenvalue weighted by molar-refractivity contribution is -0.154. The minimum atomic E-state index is -0.601. The van der Waals surface area contributed by atoms with E-state index in [4.69, 9.17) is 9.15 Å². The van der Waals surface area contributed by atoms with Crippen LogP contribution in [0.4, 0.5) is 0 Å². The van der Waals surface area contributed by atoms with Crippen LogP contribution in [-0.4, -0.2) is 28.6 Å². The van der Waals surface area contributed by atoms with Gasteiger partial charge in [0, 0.05) is 12.7 Å². The minimum Gasteiger partial charge on any atom is -0.466 e. The number of nitrogens with zero attached hydrogens (tertiary/aromatic N) is 1. The Labute approximate surface area is 164 Å². The number of thioether (sulfide) groups is 1. The van der Waals surface area contributed by atoms with Crippen molar-refractivity contribution in [2.24, 2.45) is 0 Å². The molecular weight excluding hydrogens is 362 g/mol. The van der Waals surface area contributed by atoms with Crippen molar-refractivity contribution in [3.63, 3.8) is 0 Å². The number of benzene rings is 1. The van der Waals surface area contributed by atoms with Gasteiger partial charge in [-0.05, 0) is 28.7 Å². The van der Waals surface area contributed by atoms with Crippen molar-refractivity contribution in [2.45, 2.75) is 51.1 Å². The zero-order chi connectivity index (χ0) is 19.6. The first-order chi connectivity index (χ1) is 12.8. The molecule has 0 saturated carbocycles. The average Bonchev–Trinajstić information content (AvgIpc) is 3.28. The van der Waals surface area contributed by atoms with Crippen LogP contribution in [0.3, 0.4) is 0 Å². The zero-order valence-corrected chi connectivity index (χ0v) is 16.9. The molecule has 2 aromatic rings. The van der Waals surface area contributed by atoms with Crippen LogP contribution < -0.4 is 0 Å². The van der Waals surface area contributed by atoms with E-state index < -0.39 is 6.04 Å². The zero-order valence-electron chi connectivity index (χ0n) is 16.1. The number of carbonyl (C=O) groups excluding carboxylic acids is 2. The molecule has 1 fully saturated rings. The topological polar surface area (TPSA) is 59.8 Å². The third-order valence-electron chi connectivity index (χ3n) is 4.62. The Balaban J connectivity index is 1.64. The normalized spacial score (nSPS) is 19.9. The summed E-state index contributed by atoms with van der Waals surface area (Å²) in [5.74, 6) is 0.611. The first kappa shape index (κ1) is 19.5. The highest BCUT2D eigenvalue weighted by atomic mass is 32.2. The standard InChI is InChI=1S/C21H25NO4S/c1-14(23)22-17(13-27-19(22)18-6-5-11-25-18)20(24)26-12-15-7-9-16(10-8-15)21(2,3)4/h5-11,17,19H,12-13H2,1-4H3/t17-,19+/m0/s1. The summed E-state index contributed by atoms with van der Waals surface area (Å²) in [6.45, 7) is 8.14. The molecule has 0 bridgehead atoms. The number of esters is 1. The van der Waals surface area contributed by atoms with Gasteiger partial charge >= 0.3 is 5.97 Å². The predicted molar refractivity (Wildman–Crippen MR) is 105 cm³/mol. The molecule has 2 heterocycles. The number of furan rings is 1. The number of hydrogen-bond donors (Lipinski definition) is 0. The van der Waals surface area contributed by atoms with Gasteiger partial charge in [-0.3, -0.25) is 4.79 Å². The molecule has 0 N–H and O–H groups in total. The summed E-state index contributed by atoms with van der Waals surface area (Å²) >= 11 is 1.51. The molecular formula is C21H25NO4S. The Hall–Kier alpha value is -2.21. The molecule has 5 nitrogen and oxygen atoms in total. The van der Waals surface area contributed by atoms with Crippen LogP contribution in [-0.2, 0) is 26.3 Å². The molecule has 3 rings (SSSR count). The maximum absolute atomic E-state index is 12.6. The Morgan fingerprint density at radius 1 is 1.22 bits per heavy atom. The summed E-state index contributed by atoms with van der Waals surface area (Å²) < 4.78 is 10.9. The van der Waals surface area contributed by atoms with Crippen molar-refractivity contribution in [2.75, 3.05) is 5.75 Å². The van der Waals surface area contributed by atoms with Gasteiger partial charge in [0.15, 0.2) is 0 Å². The quantitative estimate of drug-likeness (QED) is 0.733. The molecule has 1 saturated heterocycles. The van der Waals surface area contributed by atoms with Crippen LogP contribution in [0.15, 0.2) is 47.1 Å². The van der Waals surface area contributed by atoms with Gasteiger partial charge in [0.1, 0.15) is 23.8 Å². The summed E-state index contributed by atoms with van der Waals surface area (Å²) in [5.41, 5.74) is 2.24. The van der Waals surface area contributed by atoms with E-state index in [0.29, 0.717) is 11.5 Å². The van der Waals surface area contributed by atoms with E-state index in [9.17, 15) is 9.59 Å². The summed E-state index contributed by atoms with van der Waals surface area (Å²) in [6, 6.07) is 11.1. The van der Waals surface area contributed by atoms with Gasteiger partial charge in [-0.25, -0.2) is 4.79 Å². The fraction of sp³-hybridized carbons (Fsp3) is 0.429. The SMILES string of the molecule is CC(=O)N1[C@@H](c2ccco2)SC[C@H]1C(=O)OCc1ccc(C(C)(C)C)cc1. The molecule has 2 atom stereocenters. The number of ether oxygens (including phenoxy) is 1. The van der Waals surface area contributed by atoms with Crippen molar-refractivity contribution in [3.8, 4) is 0 Å². The van der Waals surface area contributed by atoms with E-state index in [1.807, 2.05) is 18.2 Å². The predicted octanol–water partition coefficient (Wildman–Crippen LogP) is 4.28. The molecule has 0 spiro atoms. The van der Waals surface area contributed by atoms with Crippen molar-refractivity contribution in [3.05, 3.63) is 59.5 Å². The van der Waals surface area contributed by atoms with Gasteiger partial charge in [-0.2, -0.15) is 0 Å². The smallest absolute Gasteiger partial charge is 0.330 e. The molecule has 1 aliphatic rings. The molecule has 1 aliphatic heterocycles. The van der Waals surface area contributed by atoms with Crippen LogP contribution in [0.1, 0.15) is 50.0 Å². The van der Waals surface area contributed by atoms with Crippen molar-refractivity contribution in [1.29, 1.82) is 0 Å². The van der Waals surface area contributed by atoms with Gasteiger partial charge in [-0.1, -0.05) is 45.0 Å². The second kappa shape index (κ2) is 7.80. The second-order valence-electron chi connectivity index (χ2n) is 7.70. The maximum Gasteiger partial charge on any atom is 0.330 e. The summed E-state index contributed by atoms with van der Waals surface area (Å²) in [4.78, 5) is 26.3. The Bertz CT molecular complexity index is 793. The highest BCUT2D eigenvalue weighted by Gasteiger charge is 2.43. The van der Waals surface area contributed by atoms with Crippen LogP contribution in [0.5, 0.6) is 0 Å². The molecule has 0 unspecified atom stereocenters. The molecule has 1 aromatic carbocycles. The molecule has 27 heavy (non-hydrogen) atoms. The van der Waals surface area contributed by atoms with E-state index in [1.54, 1.807) is 17.2 Å². The third-order valence-corrected chi connectivity index (χ3v) is 5.91. The lowest BCUT2D eigenvalue weighted by Crippen LogP contribution is -2.42. The molecule has 6 heteroatoms. The number of hydrogen-bond acceptors (Lipinski definition) is 5. The van der Waals surface area contributed by atoms with E-state index >= 15 is 0 Å². The summed E-state index contributed by atoms with van der Waals surface area (Å²) in [5, 5.41) is -0.291. The maximum atomic E-state index is 12.6. The highest BCUT2D eigenvalue weighted by molar-refractivity contribution is 7.99. The van der Waals surface area contributed by atoms with Crippen LogP contribution in [0, 0.1) is 0 Å². The van der Waals surface area contributed by atoms with Crippen LogP contribution >= 0.6 is 11.8 Å². The molecule has 1 aromatic heterocycles. The number of rotatable bonds is 4. The van der Waals surface area contributed by atoms with Gasteiger partial charge < -0.3 is 14.1 Å². The number of carbonyl (C=O) groups is 2. The van der Waals surface area contributed by atoms with E-state index in [1.165, 1.54) is 24.2 Å². The fourth-order valence-electron chi connectivity index (χ4n) is 3.08. The van der Waals surface area contributed by atoms with E-state index in [0.717, 1.165) is 5.56 Å². The summed E-state index contributed by atoms with van der Waals surface area (Å²) in [7, 11) is 0. The van der Waals surface area contributed by atoms with Gasteiger partial charge in [0.2, 0.25) is 5.91 Å². The van der Waals surface area contributed by atoms with E-state index in [-0.39, 0.29) is 29.3 Å². The Morgan fingerprint density at radius 3 is 2.48 bits per heavy atom. The van der Waals surface area contributed by atoms with Gasteiger partial charge in [0.05, 0.1) is 6.26 Å². The van der Waals surface area contributed by atoms with Crippen molar-refractivity contribution < 1.29 is 18.7 Å². The summed E-state index contributed by atoms with van der Waals surface area (Å²) in [6.07, 6.45) is 1.57. The minimum absolute atomic E-state index is 0.0825. The molecule has 0 radical (unpaired) electrons. The van der Waals surface area contributed by atoms with Crippen molar-refractivity contribution in [1.82, 2.24) is 4.90 Å². The fourth-order valence-corrected chi connectivity index (χ4v) is 4.49. The van der Waals surface area contributed by atoms with Crippen molar-refractivity contribution >= 4 is 23.6 Å².